The minimum absolute atomic E-state index is 0. The van der Waals surface area contributed by atoms with Crippen molar-refractivity contribution >= 4 is 12.4 Å². The van der Waals surface area contributed by atoms with Gasteiger partial charge < -0.3 is 5.73 Å². The van der Waals surface area contributed by atoms with Crippen LogP contribution in [0.1, 0.15) is 13.8 Å². The molecule has 0 fully saturated rings. The summed E-state index contributed by atoms with van der Waals surface area (Å²) in [6.07, 6.45) is -4.42. The first-order chi connectivity index (χ1) is 4.83. The molecule has 0 aromatic rings. The molecule has 0 spiro atoms. The first-order valence-corrected chi connectivity index (χ1v) is 3.18. The molecule has 1 unspecified atom stereocenters. The SMILES string of the molecule is CC(C)C(N)C#CC(F)(F)F.Cl. The summed E-state index contributed by atoms with van der Waals surface area (Å²) in [5.74, 6) is 3.00. The number of hydrogen-bond donors (Lipinski definition) is 1. The van der Waals surface area contributed by atoms with Gasteiger partial charge >= 0.3 is 6.18 Å². The van der Waals surface area contributed by atoms with E-state index in [1.54, 1.807) is 13.8 Å². The first kappa shape index (κ1) is 14.1. The van der Waals surface area contributed by atoms with Crippen LogP contribution >= 0.6 is 12.4 Å². The van der Waals surface area contributed by atoms with Crippen molar-refractivity contribution in [1.29, 1.82) is 0 Å². The van der Waals surface area contributed by atoms with Crippen LogP contribution in [0, 0.1) is 17.8 Å². The van der Waals surface area contributed by atoms with Gasteiger partial charge in [-0.3, -0.25) is 0 Å². The molecule has 0 radical (unpaired) electrons. The van der Waals surface area contributed by atoms with Crippen LogP contribution in [0.3, 0.4) is 0 Å². The summed E-state index contributed by atoms with van der Waals surface area (Å²) in [6.45, 7) is 3.44. The van der Waals surface area contributed by atoms with Gasteiger partial charge in [-0.25, -0.2) is 0 Å². The Bertz CT molecular complexity index is 177. The molecule has 0 rings (SSSR count). The Labute approximate surface area is 75.9 Å². The van der Waals surface area contributed by atoms with E-state index in [1.165, 1.54) is 0 Å². The smallest absolute Gasteiger partial charge is 0.317 e. The molecule has 1 nitrogen and oxygen atoms in total. The average molecular weight is 202 g/mol. The van der Waals surface area contributed by atoms with Crippen molar-refractivity contribution in [2.75, 3.05) is 0 Å². The van der Waals surface area contributed by atoms with Crippen LogP contribution in [0.15, 0.2) is 0 Å². The van der Waals surface area contributed by atoms with Crippen molar-refractivity contribution in [2.45, 2.75) is 26.1 Å². The number of hydrogen-bond acceptors (Lipinski definition) is 1. The van der Waals surface area contributed by atoms with Gasteiger partial charge in [-0.1, -0.05) is 19.8 Å². The normalized spacial score (nSPS) is 12.9. The highest BCUT2D eigenvalue weighted by atomic mass is 35.5. The van der Waals surface area contributed by atoms with E-state index >= 15 is 0 Å². The van der Waals surface area contributed by atoms with E-state index in [2.05, 4.69) is 0 Å². The van der Waals surface area contributed by atoms with E-state index < -0.39 is 12.2 Å². The fraction of sp³-hybridized carbons (Fsp3) is 0.714. The predicted molar refractivity (Wildman–Crippen MR) is 43.9 cm³/mol. The summed E-state index contributed by atoms with van der Waals surface area (Å²) in [5.41, 5.74) is 5.25. The summed E-state index contributed by atoms with van der Waals surface area (Å²) in [7, 11) is 0. The van der Waals surface area contributed by atoms with Gasteiger partial charge in [0.2, 0.25) is 0 Å². The Morgan fingerprint density at radius 3 is 1.92 bits per heavy atom. The highest BCUT2D eigenvalue weighted by Gasteiger charge is 2.23. The molecule has 0 bridgehead atoms. The molecule has 0 aliphatic rings. The molecule has 0 aromatic carbocycles. The lowest BCUT2D eigenvalue weighted by molar-refractivity contribution is -0.0698. The van der Waals surface area contributed by atoms with E-state index in [0.717, 1.165) is 5.92 Å². The predicted octanol–water partition coefficient (Wildman–Crippen LogP) is 1.96. The zero-order chi connectivity index (χ0) is 9.07. The maximum atomic E-state index is 11.5. The van der Waals surface area contributed by atoms with Gasteiger partial charge in [-0.2, -0.15) is 13.2 Å². The monoisotopic (exact) mass is 201 g/mol. The van der Waals surface area contributed by atoms with Crippen molar-refractivity contribution in [3.63, 3.8) is 0 Å². The maximum Gasteiger partial charge on any atom is 0.457 e. The molecule has 0 aromatic heterocycles. The van der Waals surface area contributed by atoms with Gasteiger partial charge in [0.15, 0.2) is 0 Å². The third-order valence-corrected chi connectivity index (χ3v) is 1.10. The molecule has 5 heteroatoms. The van der Waals surface area contributed by atoms with Crippen molar-refractivity contribution in [3.05, 3.63) is 0 Å². The third-order valence-electron chi connectivity index (χ3n) is 1.10. The number of halogens is 4. The Balaban J connectivity index is 0. The van der Waals surface area contributed by atoms with Crippen LogP contribution < -0.4 is 5.73 Å². The number of alkyl halides is 3. The highest BCUT2D eigenvalue weighted by molar-refractivity contribution is 5.85. The quantitative estimate of drug-likeness (QED) is 0.645. The van der Waals surface area contributed by atoms with Crippen molar-refractivity contribution < 1.29 is 13.2 Å². The molecular formula is C7H11ClF3N. The summed E-state index contributed by atoms with van der Waals surface area (Å²) in [6, 6.07) is -0.698. The Morgan fingerprint density at radius 2 is 1.67 bits per heavy atom. The molecule has 72 valence electrons. The van der Waals surface area contributed by atoms with Gasteiger partial charge in [0.25, 0.3) is 0 Å². The standard InChI is InChI=1S/C7H10F3N.ClH/c1-5(2)6(11)3-4-7(8,9)10;/h5-6H,11H2,1-2H3;1H. The average Bonchev–Trinajstić information content (AvgIpc) is 1.80. The highest BCUT2D eigenvalue weighted by Crippen LogP contribution is 2.12. The van der Waals surface area contributed by atoms with Crippen molar-refractivity contribution in [1.82, 2.24) is 0 Å². The lowest BCUT2D eigenvalue weighted by Gasteiger charge is -2.06. The molecule has 12 heavy (non-hydrogen) atoms. The van der Waals surface area contributed by atoms with Crippen LogP contribution in [-0.2, 0) is 0 Å². The van der Waals surface area contributed by atoms with Crippen molar-refractivity contribution in [3.8, 4) is 11.8 Å². The van der Waals surface area contributed by atoms with E-state index in [1.807, 2.05) is 5.92 Å². The van der Waals surface area contributed by atoms with Gasteiger partial charge in [-0.05, 0) is 5.92 Å². The topological polar surface area (TPSA) is 26.0 Å². The summed E-state index contributed by atoms with van der Waals surface area (Å²) in [4.78, 5) is 0. The Hall–Kier alpha value is -0.400. The molecular weight excluding hydrogens is 191 g/mol. The van der Waals surface area contributed by atoms with Crippen LogP contribution in [0.25, 0.3) is 0 Å². The van der Waals surface area contributed by atoms with Gasteiger partial charge in [-0.15, -0.1) is 12.4 Å². The fourth-order valence-electron chi connectivity index (χ4n) is 0.332. The minimum Gasteiger partial charge on any atom is -0.317 e. The van der Waals surface area contributed by atoms with Gasteiger partial charge in [0.1, 0.15) is 0 Å². The van der Waals surface area contributed by atoms with Crippen molar-refractivity contribution in [2.24, 2.45) is 11.7 Å². The van der Waals surface area contributed by atoms with E-state index in [9.17, 15) is 13.2 Å². The first-order valence-electron chi connectivity index (χ1n) is 3.18. The molecule has 1 atom stereocenters. The number of rotatable bonds is 1. The summed E-state index contributed by atoms with van der Waals surface area (Å²) < 4.78 is 34.4. The lowest BCUT2D eigenvalue weighted by Crippen LogP contribution is -2.24. The molecule has 0 saturated heterocycles. The third kappa shape index (κ3) is 7.70. The molecule has 0 amide bonds. The zero-order valence-corrected chi connectivity index (χ0v) is 7.59. The van der Waals surface area contributed by atoms with Crippen LogP contribution in [0.5, 0.6) is 0 Å². The second kappa shape index (κ2) is 5.28. The molecule has 0 aliphatic heterocycles. The second-order valence-corrected chi connectivity index (χ2v) is 2.54. The second-order valence-electron chi connectivity index (χ2n) is 2.54. The zero-order valence-electron chi connectivity index (χ0n) is 6.77. The molecule has 2 N–H and O–H groups in total. The van der Waals surface area contributed by atoms with E-state index in [4.69, 9.17) is 5.73 Å². The molecule has 0 aliphatic carbocycles. The maximum absolute atomic E-state index is 11.5. The largest absolute Gasteiger partial charge is 0.457 e. The molecule has 0 heterocycles. The lowest BCUT2D eigenvalue weighted by atomic mass is 10.1. The fourth-order valence-corrected chi connectivity index (χ4v) is 0.332. The van der Waals surface area contributed by atoms with Crippen LogP contribution in [0.4, 0.5) is 13.2 Å². The van der Waals surface area contributed by atoms with Gasteiger partial charge in [0.05, 0.1) is 6.04 Å². The summed E-state index contributed by atoms with van der Waals surface area (Å²) in [5, 5.41) is 0. The molecule has 0 saturated carbocycles. The van der Waals surface area contributed by atoms with Crippen LogP contribution in [0.2, 0.25) is 0 Å². The summed E-state index contributed by atoms with van der Waals surface area (Å²) >= 11 is 0. The van der Waals surface area contributed by atoms with E-state index in [0.29, 0.717) is 0 Å². The number of nitrogens with two attached hydrogens (primary N) is 1. The van der Waals surface area contributed by atoms with Crippen LogP contribution in [-0.4, -0.2) is 12.2 Å². The van der Waals surface area contributed by atoms with Gasteiger partial charge in [0, 0.05) is 5.92 Å². The Kier molecular flexibility index (Phi) is 6.22. The van der Waals surface area contributed by atoms with E-state index in [-0.39, 0.29) is 18.3 Å². The minimum atomic E-state index is -4.42. The Morgan fingerprint density at radius 1 is 1.25 bits per heavy atom.